The summed E-state index contributed by atoms with van der Waals surface area (Å²) in [7, 11) is 0. The van der Waals surface area contributed by atoms with Gasteiger partial charge in [-0.2, -0.15) is 0 Å². The monoisotopic (exact) mass is 644 g/mol. The molecule has 0 bridgehead atoms. The summed E-state index contributed by atoms with van der Waals surface area (Å²) >= 11 is 0. The Morgan fingerprint density at radius 1 is 0.957 bits per heavy atom. The van der Waals surface area contributed by atoms with Gasteiger partial charge in [-0.3, -0.25) is 29.1 Å². The van der Waals surface area contributed by atoms with E-state index in [0.29, 0.717) is 12.0 Å². The fourth-order valence-corrected chi connectivity index (χ4v) is 5.01. The topological polar surface area (TPSA) is 190 Å². The van der Waals surface area contributed by atoms with Gasteiger partial charge in [0.25, 0.3) is 0 Å². The molecule has 46 heavy (non-hydrogen) atoms. The number of esters is 4. The summed E-state index contributed by atoms with van der Waals surface area (Å²) in [6.45, 7) is 10.1. The van der Waals surface area contributed by atoms with E-state index in [1.165, 1.54) is 6.92 Å². The number of carboxylic acids is 1. The number of rotatable bonds is 13. The van der Waals surface area contributed by atoms with Crippen molar-refractivity contribution in [2.24, 2.45) is 0 Å². The number of aromatic nitrogens is 2. The zero-order chi connectivity index (χ0) is 34.1. The first kappa shape index (κ1) is 35.8. The van der Waals surface area contributed by atoms with E-state index >= 15 is 0 Å². The summed E-state index contributed by atoms with van der Waals surface area (Å²) in [5, 5.41) is 16.3. The van der Waals surface area contributed by atoms with Crippen molar-refractivity contribution in [2.75, 3.05) is 6.61 Å². The third-order valence-corrected chi connectivity index (χ3v) is 6.95. The van der Waals surface area contributed by atoms with Crippen LogP contribution in [0.5, 0.6) is 5.88 Å². The molecule has 0 amide bonds. The highest BCUT2D eigenvalue weighted by atomic mass is 16.7. The number of aliphatic carboxylic acids is 1. The summed E-state index contributed by atoms with van der Waals surface area (Å²) in [5.41, 5.74) is 4.16. The number of nitrogens with one attached hydrogen (secondary N) is 1. The molecule has 2 aromatic rings. The molecule has 14 nitrogen and oxygen atoms in total. The highest BCUT2D eigenvalue weighted by Gasteiger charge is 2.53. The molecule has 250 valence electrons. The van der Waals surface area contributed by atoms with Crippen molar-refractivity contribution < 1.29 is 57.5 Å². The summed E-state index contributed by atoms with van der Waals surface area (Å²) in [5.74, 6) is -3.69. The molecule has 0 saturated carbocycles. The maximum Gasteiger partial charge on any atom is 0.307 e. The zero-order valence-corrected chi connectivity index (χ0v) is 26.9. The highest BCUT2D eigenvalue weighted by Crippen LogP contribution is 2.34. The molecule has 2 N–H and O–H groups in total. The predicted molar refractivity (Wildman–Crippen MR) is 161 cm³/mol. The fraction of sp³-hybridized carbons (Fsp3) is 0.500. The Morgan fingerprint density at radius 3 is 2.15 bits per heavy atom. The number of carbonyl (C=O) groups excluding carboxylic acids is 4. The van der Waals surface area contributed by atoms with Gasteiger partial charge in [0, 0.05) is 45.4 Å². The van der Waals surface area contributed by atoms with Gasteiger partial charge >= 0.3 is 29.8 Å². The second-order valence-corrected chi connectivity index (χ2v) is 11.1. The van der Waals surface area contributed by atoms with Crippen molar-refractivity contribution in [3.05, 3.63) is 52.2 Å². The minimum absolute atomic E-state index is 0.00576. The standard InChI is InChI=1S/C32H40N2O12/c1-16(2)27-24(14-23-12-11-22(13-17(23)3)9-8-10-26(39)40)31(34-33-27)46-32-30(44-21(7)38)29(43-20(6)37)28(42-19(5)36)25(45-32)15-41-18(4)35/h8-9,11-13,16,25,28-30,32H,10,14-15H2,1-7H3,(H,33,34)(H,39,40)/b9-8+/t25-,28-,29+,30-,32+/m1/s1. The molecule has 1 aromatic heterocycles. The van der Waals surface area contributed by atoms with Crippen LogP contribution in [0.4, 0.5) is 0 Å². The number of carboxylic acid groups (broad SMARTS) is 1. The minimum atomic E-state index is -1.44. The number of hydrogen-bond acceptors (Lipinski definition) is 12. The first-order chi connectivity index (χ1) is 21.7. The van der Waals surface area contributed by atoms with Crippen LogP contribution >= 0.6 is 0 Å². The Hall–Kier alpha value is -4.72. The van der Waals surface area contributed by atoms with Crippen molar-refractivity contribution in [1.82, 2.24) is 10.2 Å². The molecule has 0 aliphatic carbocycles. The van der Waals surface area contributed by atoms with Gasteiger partial charge in [-0.15, -0.1) is 5.10 Å². The molecule has 2 heterocycles. The SMILES string of the molecule is CC(=O)OC[C@H]1O[C@@H](Oc2n[nH]c(C(C)C)c2Cc2ccc(/C=C/CC(=O)O)cc2C)[C@H](OC(C)=O)[C@@H](OC(C)=O)[C@@H]1OC(C)=O. The molecule has 3 rings (SSSR count). The Balaban J connectivity index is 2.02. The van der Waals surface area contributed by atoms with Gasteiger partial charge in [-0.1, -0.05) is 44.2 Å². The average Bonchev–Trinajstić information content (AvgIpc) is 3.33. The molecule has 14 heteroatoms. The van der Waals surface area contributed by atoms with Crippen molar-refractivity contribution in [3.63, 3.8) is 0 Å². The van der Waals surface area contributed by atoms with E-state index in [4.69, 9.17) is 33.5 Å². The van der Waals surface area contributed by atoms with E-state index in [1.54, 1.807) is 12.2 Å². The Bertz CT molecular complexity index is 1460. The molecule has 0 spiro atoms. The largest absolute Gasteiger partial charge is 0.481 e. The summed E-state index contributed by atoms with van der Waals surface area (Å²) in [6.07, 6.45) is -3.14. The van der Waals surface area contributed by atoms with Crippen molar-refractivity contribution in [1.29, 1.82) is 0 Å². The lowest BCUT2D eigenvalue weighted by Crippen LogP contribution is -2.63. The molecule has 0 unspecified atom stereocenters. The van der Waals surface area contributed by atoms with Crippen molar-refractivity contribution in [3.8, 4) is 5.88 Å². The third-order valence-electron chi connectivity index (χ3n) is 6.95. The summed E-state index contributed by atoms with van der Waals surface area (Å²) in [4.78, 5) is 58.9. The predicted octanol–water partition coefficient (Wildman–Crippen LogP) is 3.38. The van der Waals surface area contributed by atoms with E-state index in [9.17, 15) is 24.0 Å². The summed E-state index contributed by atoms with van der Waals surface area (Å²) in [6, 6.07) is 5.73. The molecular formula is C32H40N2O12. The first-order valence-corrected chi connectivity index (χ1v) is 14.7. The zero-order valence-electron chi connectivity index (χ0n) is 26.9. The lowest BCUT2D eigenvalue weighted by Gasteiger charge is -2.43. The fourth-order valence-electron chi connectivity index (χ4n) is 5.01. The van der Waals surface area contributed by atoms with Crippen LogP contribution in [0.1, 0.15) is 81.8 Å². The molecule has 0 radical (unpaired) electrons. The Morgan fingerprint density at radius 2 is 1.59 bits per heavy atom. The van der Waals surface area contributed by atoms with Gasteiger partial charge < -0.3 is 33.5 Å². The molecular weight excluding hydrogens is 604 g/mol. The van der Waals surface area contributed by atoms with Crippen molar-refractivity contribution >= 4 is 35.9 Å². The second kappa shape index (κ2) is 16.0. The maximum absolute atomic E-state index is 12.2. The van der Waals surface area contributed by atoms with Gasteiger partial charge in [-0.05, 0) is 29.5 Å². The molecule has 1 aliphatic heterocycles. The lowest BCUT2D eigenvalue weighted by atomic mass is 9.95. The van der Waals surface area contributed by atoms with Crippen LogP contribution in [-0.2, 0) is 54.1 Å². The normalized spacial score (nSPS) is 21.1. The minimum Gasteiger partial charge on any atom is -0.481 e. The van der Waals surface area contributed by atoms with Crippen LogP contribution < -0.4 is 4.74 Å². The first-order valence-electron chi connectivity index (χ1n) is 14.7. The van der Waals surface area contributed by atoms with Crippen LogP contribution in [-0.4, -0.2) is 82.5 Å². The van der Waals surface area contributed by atoms with Gasteiger partial charge in [0.2, 0.25) is 18.3 Å². The summed E-state index contributed by atoms with van der Waals surface area (Å²) < 4.78 is 34.0. The lowest BCUT2D eigenvalue weighted by molar-refractivity contribution is -0.289. The van der Waals surface area contributed by atoms with Crippen LogP contribution in [0, 0.1) is 6.92 Å². The number of aromatic amines is 1. The van der Waals surface area contributed by atoms with Crippen LogP contribution in [0.3, 0.4) is 0 Å². The number of hydrogen-bond donors (Lipinski definition) is 2. The number of benzene rings is 1. The van der Waals surface area contributed by atoms with E-state index in [0.717, 1.165) is 43.2 Å². The Kier molecular flexibility index (Phi) is 12.5. The number of H-pyrrole nitrogens is 1. The van der Waals surface area contributed by atoms with E-state index in [1.807, 2.05) is 39.0 Å². The van der Waals surface area contributed by atoms with E-state index < -0.39 is 67.2 Å². The molecule has 1 saturated heterocycles. The number of aryl methyl sites for hydroxylation is 1. The van der Waals surface area contributed by atoms with Crippen molar-refractivity contribution in [2.45, 2.75) is 97.9 Å². The number of carbonyl (C=O) groups is 5. The maximum atomic E-state index is 12.2. The molecule has 1 aromatic carbocycles. The van der Waals surface area contributed by atoms with Gasteiger partial charge in [-0.25, -0.2) is 0 Å². The Labute approximate surface area is 266 Å². The second-order valence-electron chi connectivity index (χ2n) is 11.1. The van der Waals surface area contributed by atoms with E-state index in [2.05, 4.69) is 10.2 Å². The smallest absolute Gasteiger partial charge is 0.307 e. The molecule has 1 aliphatic rings. The third kappa shape index (κ3) is 9.89. The average molecular weight is 645 g/mol. The number of nitrogens with zero attached hydrogens (tertiary/aromatic N) is 1. The van der Waals surface area contributed by atoms with E-state index in [-0.39, 0.29) is 18.2 Å². The van der Waals surface area contributed by atoms with Crippen LogP contribution in [0.15, 0.2) is 24.3 Å². The van der Waals surface area contributed by atoms with Gasteiger partial charge in [0.05, 0.1) is 6.42 Å². The quantitative estimate of drug-likeness (QED) is 0.239. The number of ether oxygens (including phenoxy) is 6. The van der Waals surface area contributed by atoms with Gasteiger partial charge in [0.1, 0.15) is 12.7 Å². The highest BCUT2D eigenvalue weighted by molar-refractivity contribution is 5.70. The van der Waals surface area contributed by atoms with Crippen LogP contribution in [0.2, 0.25) is 0 Å². The molecule has 1 fully saturated rings. The van der Waals surface area contributed by atoms with Gasteiger partial charge in [0.15, 0.2) is 12.2 Å². The van der Waals surface area contributed by atoms with Crippen LogP contribution in [0.25, 0.3) is 6.08 Å². The molecule has 5 atom stereocenters.